The van der Waals surface area contributed by atoms with E-state index in [9.17, 15) is 9.59 Å². The molecule has 1 aliphatic rings. The highest BCUT2D eigenvalue weighted by Crippen LogP contribution is 2.39. The molecular weight excluding hydrogens is 447 g/mol. The molecule has 0 atom stereocenters. The van der Waals surface area contributed by atoms with Crippen LogP contribution in [0.15, 0.2) is 60.4 Å². The van der Waals surface area contributed by atoms with Crippen LogP contribution in [-0.2, 0) is 0 Å². The number of hydrogen-bond acceptors (Lipinski definition) is 4. The number of ether oxygens (including phenoxy) is 2. The molecule has 0 aromatic heterocycles. The molecule has 7 heteroatoms. The maximum absolute atomic E-state index is 12.7. The van der Waals surface area contributed by atoms with Crippen molar-refractivity contribution in [3.63, 3.8) is 0 Å². The van der Waals surface area contributed by atoms with Crippen molar-refractivity contribution in [2.45, 2.75) is 6.92 Å². The predicted octanol–water partition coefficient (Wildman–Crippen LogP) is 6.79. The zero-order valence-electron chi connectivity index (χ0n) is 15.5. The lowest BCUT2D eigenvalue weighted by atomic mass is 10.1. The molecule has 30 heavy (non-hydrogen) atoms. The standard InChI is InChI=1S/C23H13Cl3O4/c1-12-19(30-23(28)14-4-2-3-5-16(14)24)9-7-15-21(27)20(29-22(12)15)11-13-6-8-17(25)18(26)10-13/h2-11H,1H3/b20-11-. The second-order valence-electron chi connectivity index (χ2n) is 6.55. The molecule has 4 nitrogen and oxygen atoms in total. The van der Waals surface area contributed by atoms with Gasteiger partial charge in [0.15, 0.2) is 5.76 Å². The third kappa shape index (κ3) is 3.82. The van der Waals surface area contributed by atoms with Gasteiger partial charge in [-0.15, -0.1) is 0 Å². The van der Waals surface area contributed by atoms with E-state index in [4.69, 9.17) is 44.3 Å². The summed E-state index contributed by atoms with van der Waals surface area (Å²) in [4.78, 5) is 25.2. The van der Waals surface area contributed by atoms with Crippen LogP contribution in [0.5, 0.6) is 11.5 Å². The number of esters is 1. The van der Waals surface area contributed by atoms with Gasteiger partial charge < -0.3 is 9.47 Å². The smallest absolute Gasteiger partial charge is 0.345 e. The molecule has 0 saturated carbocycles. The van der Waals surface area contributed by atoms with E-state index in [0.29, 0.717) is 37.5 Å². The highest BCUT2D eigenvalue weighted by Gasteiger charge is 2.30. The van der Waals surface area contributed by atoms with Crippen molar-refractivity contribution >= 4 is 52.6 Å². The summed E-state index contributed by atoms with van der Waals surface area (Å²) >= 11 is 18.0. The van der Waals surface area contributed by atoms with E-state index in [1.165, 1.54) is 0 Å². The molecule has 0 unspecified atom stereocenters. The van der Waals surface area contributed by atoms with E-state index in [-0.39, 0.29) is 22.9 Å². The number of hydrogen-bond donors (Lipinski definition) is 0. The van der Waals surface area contributed by atoms with Gasteiger partial charge in [-0.05, 0) is 55.0 Å². The Bertz CT molecular complexity index is 1230. The van der Waals surface area contributed by atoms with Gasteiger partial charge in [-0.3, -0.25) is 4.79 Å². The number of carbonyl (C=O) groups excluding carboxylic acids is 2. The van der Waals surface area contributed by atoms with Crippen LogP contribution in [0.1, 0.15) is 31.8 Å². The lowest BCUT2D eigenvalue weighted by Crippen LogP contribution is -2.10. The summed E-state index contributed by atoms with van der Waals surface area (Å²) in [7, 11) is 0. The molecule has 0 bridgehead atoms. The fourth-order valence-corrected chi connectivity index (χ4v) is 3.53. The van der Waals surface area contributed by atoms with Crippen LogP contribution in [0.3, 0.4) is 0 Å². The van der Waals surface area contributed by atoms with Crippen molar-refractivity contribution in [3.05, 3.63) is 97.7 Å². The van der Waals surface area contributed by atoms with Crippen molar-refractivity contribution in [3.8, 4) is 11.5 Å². The number of fused-ring (bicyclic) bond motifs is 1. The number of halogens is 3. The molecule has 1 aliphatic heterocycles. The molecule has 0 radical (unpaired) electrons. The second-order valence-corrected chi connectivity index (χ2v) is 7.77. The van der Waals surface area contributed by atoms with Gasteiger partial charge in [-0.1, -0.05) is 53.0 Å². The Hall–Kier alpha value is -2.79. The Kier molecular flexibility index (Phi) is 5.56. The van der Waals surface area contributed by atoms with Gasteiger partial charge in [-0.25, -0.2) is 4.79 Å². The molecule has 0 amide bonds. The number of rotatable bonds is 3. The molecule has 0 spiro atoms. The third-order valence-electron chi connectivity index (χ3n) is 4.57. The Morgan fingerprint density at radius 3 is 2.47 bits per heavy atom. The normalized spacial score (nSPS) is 13.9. The zero-order valence-corrected chi connectivity index (χ0v) is 17.8. The van der Waals surface area contributed by atoms with Gasteiger partial charge in [-0.2, -0.15) is 0 Å². The van der Waals surface area contributed by atoms with Gasteiger partial charge >= 0.3 is 5.97 Å². The summed E-state index contributed by atoms with van der Waals surface area (Å²) in [6, 6.07) is 14.7. The Labute approximate surface area is 187 Å². The minimum atomic E-state index is -0.598. The summed E-state index contributed by atoms with van der Waals surface area (Å²) in [6.45, 7) is 1.71. The quantitative estimate of drug-likeness (QED) is 0.246. The Morgan fingerprint density at radius 1 is 0.967 bits per heavy atom. The minimum Gasteiger partial charge on any atom is -0.452 e. The summed E-state index contributed by atoms with van der Waals surface area (Å²) < 4.78 is 11.3. The summed E-state index contributed by atoms with van der Waals surface area (Å²) in [5, 5.41) is 1.08. The molecule has 1 heterocycles. The van der Waals surface area contributed by atoms with Crippen LogP contribution in [0, 0.1) is 6.92 Å². The zero-order chi connectivity index (χ0) is 21.4. The third-order valence-corrected chi connectivity index (χ3v) is 5.64. The molecule has 0 saturated heterocycles. The summed E-state index contributed by atoms with van der Waals surface area (Å²) in [6.07, 6.45) is 1.58. The van der Waals surface area contributed by atoms with Gasteiger partial charge in [0.25, 0.3) is 0 Å². The molecule has 0 aliphatic carbocycles. The van der Waals surface area contributed by atoms with E-state index in [0.717, 1.165) is 0 Å². The van der Waals surface area contributed by atoms with Crippen LogP contribution in [0.25, 0.3) is 6.08 Å². The fraction of sp³-hybridized carbons (Fsp3) is 0.0435. The molecular formula is C23H13Cl3O4. The molecule has 3 aromatic carbocycles. The first-order chi connectivity index (χ1) is 14.3. The highest BCUT2D eigenvalue weighted by molar-refractivity contribution is 6.42. The van der Waals surface area contributed by atoms with Crippen molar-refractivity contribution in [2.75, 3.05) is 0 Å². The SMILES string of the molecule is Cc1c(OC(=O)c2ccccc2Cl)ccc2c1O/C(=C\c1ccc(Cl)c(Cl)c1)C2=O. The second kappa shape index (κ2) is 8.15. The van der Waals surface area contributed by atoms with Crippen molar-refractivity contribution in [2.24, 2.45) is 0 Å². The number of carbonyl (C=O) groups is 2. The molecule has 4 rings (SSSR count). The van der Waals surface area contributed by atoms with Crippen molar-refractivity contribution in [1.82, 2.24) is 0 Å². The van der Waals surface area contributed by atoms with E-state index in [1.54, 1.807) is 67.6 Å². The lowest BCUT2D eigenvalue weighted by molar-refractivity contribution is 0.0733. The summed E-state index contributed by atoms with van der Waals surface area (Å²) in [5.74, 6) is -0.109. The molecule has 0 N–H and O–H groups in total. The largest absolute Gasteiger partial charge is 0.452 e. The predicted molar refractivity (Wildman–Crippen MR) is 117 cm³/mol. The maximum Gasteiger partial charge on any atom is 0.345 e. The fourth-order valence-electron chi connectivity index (χ4n) is 3.01. The number of allylic oxidation sites excluding steroid dienone is 1. The minimum absolute atomic E-state index is 0.140. The highest BCUT2D eigenvalue weighted by atomic mass is 35.5. The molecule has 150 valence electrons. The summed E-state index contributed by atoms with van der Waals surface area (Å²) in [5.41, 5.74) is 1.83. The molecule has 0 fully saturated rings. The lowest BCUT2D eigenvalue weighted by Gasteiger charge is -2.10. The van der Waals surface area contributed by atoms with E-state index in [2.05, 4.69) is 0 Å². The Morgan fingerprint density at radius 2 is 1.73 bits per heavy atom. The van der Waals surface area contributed by atoms with Crippen LogP contribution in [-0.4, -0.2) is 11.8 Å². The monoisotopic (exact) mass is 458 g/mol. The van der Waals surface area contributed by atoms with Gasteiger partial charge in [0.2, 0.25) is 5.78 Å². The average molecular weight is 460 g/mol. The van der Waals surface area contributed by atoms with Crippen LogP contribution >= 0.6 is 34.8 Å². The first kappa shape index (κ1) is 20.5. The van der Waals surface area contributed by atoms with Crippen LogP contribution < -0.4 is 9.47 Å². The first-order valence-electron chi connectivity index (χ1n) is 8.85. The number of benzene rings is 3. The molecule has 3 aromatic rings. The maximum atomic E-state index is 12.7. The van der Waals surface area contributed by atoms with Crippen LogP contribution in [0.4, 0.5) is 0 Å². The number of Topliss-reactive ketones (excluding diaryl/α,β-unsaturated/α-hetero) is 1. The number of ketones is 1. The van der Waals surface area contributed by atoms with Gasteiger partial charge in [0, 0.05) is 5.56 Å². The van der Waals surface area contributed by atoms with E-state index in [1.807, 2.05) is 0 Å². The Balaban J connectivity index is 1.63. The van der Waals surface area contributed by atoms with E-state index >= 15 is 0 Å². The van der Waals surface area contributed by atoms with E-state index < -0.39 is 5.97 Å². The topological polar surface area (TPSA) is 52.6 Å². The average Bonchev–Trinajstić information content (AvgIpc) is 3.03. The van der Waals surface area contributed by atoms with Gasteiger partial charge in [0.05, 0.1) is 26.2 Å². The van der Waals surface area contributed by atoms with Crippen molar-refractivity contribution < 1.29 is 19.1 Å². The van der Waals surface area contributed by atoms with Crippen molar-refractivity contribution in [1.29, 1.82) is 0 Å². The van der Waals surface area contributed by atoms with Crippen LogP contribution in [0.2, 0.25) is 15.1 Å². The van der Waals surface area contributed by atoms with Gasteiger partial charge in [0.1, 0.15) is 11.5 Å². The first-order valence-corrected chi connectivity index (χ1v) is 9.98.